The number of rotatable bonds is 1. The van der Waals surface area contributed by atoms with Crippen LogP contribution >= 0.6 is 0 Å². The third-order valence-electron chi connectivity index (χ3n) is 0.796. The Labute approximate surface area is 77.3 Å². The van der Waals surface area contributed by atoms with Crippen molar-refractivity contribution in [3.05, 3.63) is 36.4 Å². The predicted molar refractivity (Wildman–Crippen MR) is 42.6 cm³/mol. The van der Waals surface area contributed by atoms with E-state index >= 15 is 0 Å². The number of hydrogen-bond donors (Lipinski definition) is 2. The molecule has 0 unspecified atom stereocenters. The maximum Gasteiger partial charge on any atom is 0.0553 e. The summed E-state index contributed by atoms with van der Waals surface area (Å²) in [5.41, 5.74) is 4.78. The van der Waals surface area contributed by atoms with Crippen LogP contribution in [-0.4, -0.2) is 18.3 Å². The van der Waals surface area contributed by atoms with Crippen LogP contribution in [0.3, 0.4) is 0 Å². The molecule has 0 amide bonds. The first-order valence-corrected chi connectivity index (χ1v) is 3.22. The van der Waals surface area contributed by atoms with Crippen molar-refractivity contribution in [2.24, 2.45) is 5.73 Å². The van der Waals surface area contributed by atoms with E-state index in [1.54, 1.807) is 0 Å². The summed E-state index contributed by atoms with van der Waals surface area (Å²) < 4.78 is 0. The average Bonchev–Trinajstić information content (AvgIpc) is 2.08. The molecule has 0 aliphatic heterocycles. The first-order valence-electron chi connectivity index (χ1n) is 3.22. The summed E-state index contributed by atoms with van der Waals surface area (Å²) in [6.45, 7) is 0.472. The van der Waals surface area contributed by atoms with Gasteiger partial charge < -0.3 is 10.8 Å². The number of nitrogens with two attached hydrogens (primary N) is 1. The predicted octanol–water partition coefficient (Wildman–Crippen LogP) is 0.621. The van der Waals surface area contributed by atoms with E-state index in [-0.39, 0.29) is 23.1 Å². The zero-order valence-corrected chi connectivity index (χ0v) is 7.21. The van der Waals surface area contributed by atoms with Crippen LogP contribution in [0.4, 0.5) is 0 Å². The van der Waals surface area contributed by atoms with Gasteiger partial charge in [-0.15, -0.1) is 0 Å². The minimum absolute atomic E-state index is 0. The van der Waals surface area contributed by atoms with E-state index in [4.69, 9.17) is 10.8 Å². The number of hydrogen-bond acceptors (Lipinski definition) is 2. The molecule has 0 atom stereocenters. The molecule has 11 heavy (non-hydrogen) atoms. The van der Waals surface area contributed by atoms with Crippen molar-refractivity contribution >= 4 is 0 Å². The van der Waals surface area contributed by atoms with Crippen molar-refractivity contribution < 1.29 is 21.6 Å². The van der Waals surface area contributed by atoms with Crippen LogP contribution in [0.5, 0.6) is 0 Å². The molecule has 66 valence electrons. The van der Waals surface area contributed by atoms with E-state index < -0.39 is 0 Å². The molecular weight excluding hydrogens is 185 g/mol. The second-order valence-corrected chi connectivity index (χ2v) is 1.67. The van der Waals surface area contributed by atoms with E-state index in [1.165, 1.54) is 0 Å². The Morgan fingerprint density at radius 1 is 0.909 bits per heavy atom. The van der Waals surface area contributed by atoms with Crippen LogP contribution < -0.4 is 5.73 Å². The van der Waals surface area contributed by atoms with Gasteiger partial charge in [0.25, 0.3) is 0 Å². The van der Waals surface area contributed by atoms with Crippen molar-refractivity contribution in [1.82, 2.24) is 0 Å². The third-order valence-corrected chi connectivity index (χ3v) is 0.796. The van der Waals surface area contributed by atoms with Crippen molar-refractivity contribution in [2.45, 2.75) is 0 Å². The number of aliphatic hydroxyl groups is 1. The van der Waals surface area contributed by atoms with Crippen LogP contribution in [-0.2, 0) is 16.5 Å². The van der Waals surface area contributed by atoms with Crippen LogP contribution in [0, 0.1) is 0 Å². The van der Waals surface area contributed by atoms with E-state index in [1.807, 2.05) is 36.4 Å². The summed E-state index contributed by atoms with van der Waals surface area (Å²) in [6.07, 6.45) is 0. The standard InChI is InChI=1S/C6H6.C2H7NO.Ni/c1-2-4-6-5-3-1;3-1-2-4;/h1-6H;4H,1-3H2;. The summed E-state index contributed by atoms with van der Waals surface area (Å²) in [7, 11) is 0. The number of benzene rings is 1. The molecule has 1 aromatic carbocycles. The van der Waals surface area contributed by atoms with Gasteiger partial charge in [0.1, 0.15) is 0 Å². The fourth-order valence-electron chi connectivity index (χ4n) is 0.385. The largest absolute Gasteiger partial charge is 0.395 e. The van der Waals surface area contributed by atoms with Crippen molar-refractivity contribution in [2.75, 3.05) is 13.2 Å². The maximum atomic E-state index is 7.75. The molecule has 0 aromatic heterocycles. The second kappa shape index (κ2) is 12.3. The number of aliphatic hydroxyl groups excluding tert-OH is 1. The Bertz CT molecular complexity index is 106. The Kier molecular flexibility index (Phi) is 14.8. The normalized spacial score (nSPS) is 7.09. The van der Waals surface area contributed by atoms with Gasteiger partial charge in [-0.2, -0.15) is 0 Å². The van der Waals surface area contributed by atoms with Crippen LogP contribution in [0.15, 0.2) is 36.4 Å². The van der Waals surface area contributed by atoms with E-state index in [9.17, 15) is 0 Å². The SMILES string of the molecule is NCCO.[Ni].c1ccccc1. The Balaban J connectivity index is 0. The topological polar surface area (TPSA) is 46.2 Å². The molecule has 1 aromatic rings. The maximum absolute atomic E-state index is 7.75. The van der Waals surface area contributed by atoms with Gasteiger partial charge in [-0.25, -0.2) is 0 Å². The summed E-state index contributed by atoms with van der Waals surface area (Å²) in [5.74, 6) is 0. The van der Waals surface area contributed by atoms with Crippen molar-refractivity contribution in [3.8, 4) is 0 Å². The molecule has 0 fully saturated rings. The molecule has 0 saturated carbocycles. The smallest absolute Gasteiger partial charge is 0.0553 e. The zero-order valence-electron chi connectivity index (χ0n) is 6.22. The summed E-state index contributed by atoms with van der Waals surface area (Å²) in [5, 5.41) is 7.75. The van der Waals surface area contributed by atoms with Crippen LogP contribution in [0.25, 0.3) is 0 Å². The average molecular weight is 198 g/mol. The molecule has 0 aliphatic carbocycles. The summed E-state index contributed by atoms with van der Waals surface area (Å²) >= 11 is 0. The molecule has 1 rings (SSSR count). The first kappa shape index (κ1) is 13.2. The fraction of sp³-hybridized carbons (Fsp3) is 0.250. The van der Waals surface area contributed by atoms with E-state index in [0.717, 1.165) is 0 Å². The Hall–Kier alpha value is -0.366. The van der Waals surface area contributed by atoms with Gasteiger partial charge in [-0.3, -0.25) is 0 Å². The van der Waals surface area contributed by atoms with Gasteiger partial charge in [0.05, 0.1) is 6.61 Å². The third kappa shape index (κ3) is 12.8. The summed E-state index contributed by atoms with van der Waals surface area (Å²) in [4.78, 5) is 0. The second-order valence-electron chi connectivity index (χ2n) is 1.67. The summed E-state index contributed by atoms with van der Waals surface area (Å²) in [6, 6.07) is 12.0. The van der Waals surface area contributed by atoms with Crippen LogP contribution in [0.2, 0.25) is 0 Å². The molecule has 2 nitrogen and oxygen atoms in total. The Morgan fingerprint density at radius 2 is 1.09 bits per heavy atom. The molecule has 3 heteroatoms. The Morgan fingerprint density at radius 3 is 1.18 bits per heavy atom. The molecule has 0 saturated heterocycles. The quantitative estimate of drug-likeness (QED) is 0.649. The molecule has 3 N–H and O–H groups in total. The van der Waals surface area contributed by atoms with Crippen LogP contribution in [0.1, 0.15) is 0 Å². The van der Waals surface area contributed by atoms with E-state index in [2.05, 4.69) is 0 Å². The van der Waals surface area contributed by atoms with Crippen molar-refractivity contribution in [3.63, 3.8) is 0 Å². The first-order chi connectivity index (χ1) is 4.91. The van der Waals surface area contributed by atoms with Gasteiger partial charge in [0.2, 0.25) is 0 Å². The van der Waals surface area contributed by atoms with Gasteiger partial charge in [0.15, 0.2) is 0 Å². The zero-order chi connectivity index (χ0) is 7.66. The van der Waals surface area contributed by atoms with Gasteiger partial charge >= 0.3 is 0 Å². The van der Waals surface area contributed by atoms with Gasteiger partial charge in [-0.1, -0.05) is 36.4 Å². The molecule has 0 spiro atoms. The fourth-order valence-corrected chi connectivity index (χ4v) is 0.385. The molecule has 0 bridgehead atoms. The molecule has 0 heterocycles. The minimum atomic E-state index is 0. The van der Waals surface area contributed by atoms with Gasteiger partial charge in [-0.05, 0) is 0 Å². The minimum Gasteiger partial charge on any atom is -0.395 e. The van der Waals surface area contributed by atoms with Gasteiger partial charge in [0, 0.05) is 23.0 Å². The van der Waals surface area contributed by atoms with Crippen molar-refractivity contribution in [1.29, 1.82) is 0 Å². The monoisotopic (exact) mass is 197 g/mol. The molecule has 0 aliphatic rings. The molecular formula is C8H13NNiO. The van der Waals surface area contributed by atoms with E-state index in [0.29, 0.717) is 6.54 Å². The molecule has 0 radical (unpaired) electrons.